The molecule has 2 aromatic heterocycles. The van der Waals surface area contributed by atoms with Crippen molar-refractivity contribution in [1.82, 2.24) is 15.0 Å². The second kappa shape index (κ2) is 6.87. The lowest BCUT2D eigenvalue weighted by Crippen LogP contribution is -1.97. The van der Waals surface area contributed by atoms with Gasteiger partial charge in [-0.1, -0.05) is 66.7 Å². The van der Waals surface area contributed by atoms with Gasteiger partial charge >= 0.3 is 0 Å². The zero-order chi connectivity index (χ0) is 20.1. The van der Waals surface area contributed by atoms with Crippen molar-refractivity contribution in [3.05, 3.63) is 90.2 Å². The number of halogens is 1. The van der Waals surface area contributed by atoms with Gasteiger partial charge in [-0.15, -0.1) is 11.3 Å². The third-order valence-corrected chi connectivity index (χ3v) is 6.65. The molecule has 4 aromatic carbocycles. The Labute approximate surface area is 181 Å². The lowest BCUT2D eigenvalue weighted by molar-refractivity contribution is 1.07. The van der Waals surface area contributed by atoms with E-state index in [4.69, 9.17) is 16.6 Å². The van der Waals surface area contributed by atoms with E-state index in [-0.39, 0.29) is 5.28 Å². The number of aromatic nitrogens is 3. The van der Waals surface area contributed by atoms with Crippen molar-refractivity contribution in [1.29, 1.82) is 0 Å². The number of thiophene rings is 1. The normalized spacial score (nSPS) is 11.5. The van der Waals surface area contributed by atoms with E-state index in [1.54, 1.807) is 0 Å². The van der Waals surface area contributed by atoms with Gasteiger partial charge in [0.25, 0.3) is 0 Å². The number of benzene rings is 4. The number of nitrogens with zero attached hydrogens (tertiary/aromatic N) is 3. The standard InChI is InChI=1S/C25H14ClN3S/c26-25-28-23(16-7-2-1-3-8-16)27-24(29-25)17-11-13-21-20(14-17)19-12-10-15-6-4-5-9-18(15)22(19)30-21/h1-14H. The minimum atomic E-state index is 0.195. The van der Waals surface area contributed by atoms with Crippen molar-refractivity contribution in [3.63, 3.8) is 0 Å². The van der Waals surface area contributed by atoms with Crippen LogP contribution in [0.15, 0.2) is 84.9 Å². The van der Waals surface area contributed by atoms with Gasteiger partial charge in [-0.05, 0) is 40.6 Å². The molecule has 0 atom stereocenters. The van der Waals surface area contributed by atoms with Gasteiger partial charge in [-0.25, -0.2) is 4.98 Å². The van der Waals surface area contributed by atoms with Crippen LogP contribution in [0.2, 0.25) is 5.28 Å². The first-order valence-corrected chi connectivity index (χ1v) is 10.8. The Morgan fingerprint density at radius 1 is 0.600 bits per heavy atom. The van der Waals surface area contributed by atoms with Crippen LogP contribution in [-0.2, 0) is 0 Å². The highest BCUT2D eigenvalue weighted by molar-refractivity contribution is 7.26. The van der Waals surface area contributed by atoms with E-state index in [1.165, 1.54) is 30.9 Å². The molecule has 0 fully saturated rings. The SMILES string of the molecule is Clc1nc(-c2ccccc2)nc(-c2ccc3sc4c5ccccc5ccc4c3c2)n1. The number of rotatable bonds is 2. The first kappa shape index (κ1) is 17.5. The molecule has 0 aliphatic carbocycles. The van der Waals surface area contributed by atoms with Crippen LogP contribution in [0.25, 0.3) is 53.7 Å². The Balaban J connectivity index is 1.56. The molecule has 0 saturated carbocycles. The average Bonchev–Trinajstić information content (AvgIpc) is 3.18. The van der Waals surface area contributed by atoms with Gasteiger partial charge < -0.3 is 0 Å². The summed E-state index contributed by atoms with van der Waals surface area (Å²) in [6.07, 6.45) is 0. The molecule has 0 radical (unpaired) electrons. The second-order valence-corrected chi connectivity index (χ2v) is 8.48. The van der Waals surface area contributed by atoms with E-state index in [9.17, 15) is 0 Å². The Kier molecular flexibility index (Phi) is 4.01. The molecule has 142 valence electrons. The van der Waals surface area contributed by atoms with Gasteiger partial charge in [0.1, 0.15) is 0 Å². The first-order valence-electron chi connectivity index (χ1n) is 9.58. The third kappa shape index (κ3) is 2.84. The molecule has 0 saturated heterocycles. The van der Waals surface area contributed by atoms with Gasteiger partial charge in [0.05, 0.1) is 0 Å². The fraction of sp³-hybridized carbons (Fsp3) is 0. The van der Waals surface area contributed by atoms with Crippen LogP contribution in [0.5, 0.6) is 0 Å². The summed E-state index contributed by atoms with van der Waals surface area (Å²) in [5.74, 6) is 1.16. The summed E-state index contributed by atoms with van der Waals surface area (Å²) in [5.41, 5.74) is 1.84. The Morgan fingerprint density at radius 2 is 1.37 bits per heavy atom. The maximum absolute atomic E-state index is 6.25. The summed E-state index contributed by atoms with van der Waals surface area (Å²) in [5, 5.41) is 5.19. The van der Waals surface area contributed by atoms with Crippen LogP contribution in [0, 0.1) is 0 Å². The van der Waals surface area contributed by atoms with Crippen LogP contribution < -0.4 is 0 Å². The van der Waals surface area contributed by atoms with Crippen LogP contribution >= 0.6 is 22.9 Å². The summed E-state index contributed by atoms with van der Waals surface area (Å²) in [6.45, 7) is 0. The maximum atomic E-state index is 6.25. The number of fused-ring (bicyclic) bond motifs is 5. The van der Waals surface area contributed by atoms with Crippen molar-refractivity contribution < 1.29 is 0 Å². The van der Waals surface area contributed by atoms with Gasteiger partial charge in [0.15, 0.2) is 11.6 Å². The molecule has 5 heteroatoms. The summed E-state index contributed by atoms with van der Waals surface area (Å²) in [6, 6.07) is 29.1. The van der Waals surface area contributed by atoms with Gasteiger partial charge in [-0.2, -0.15) is 9.97 Å². The topological polar surface area (TPSA) is 38.7 Å². The average molecular weight is 424 g/mol. The number of hydrogen-bond donors (Lipinski definition) is 0. The molecule has 2 heterocycles. The fourth-order valence-corrected chi connectivity index (χ4v) is 5.22. The van der Waals surface area contributed by atoms with E-state index in [2.05, 4.69) is 64.6 Å². The maximum Gasteiger partial charge on any atom is 0.226 e. The monoisotopic (exact) mass is 423 g/mol. The highest BCUT2D eigenvalue weighted by Crippen LogP contribution is 2.39. The quantitative estimate of drug-likeness (QED) is 0.291. The predicted molar refractivity (Wildman–Crippen MR) is 126 cm³/mol. The predicted octanol–water partition coefficient (Wildman–Crippen LogP) is 7.38. The fourth-order valence-electron chi connectivity index (χ4n) is 3.84. The van der Waals surface area contributed by atoms with E-state index >= 15 is 0 Å². The van der Waals surface area contributed by atoms with Crippen molar-refractivity contribution in [3.8, 4) is 22.8 Å². The Morgan fingerprint density at radius 3 is 2.23 bits per heavy atom. The van der Waals surface area contributed by atoms with E-state index < -0.39 is 0 Å². The molecule has 0 amide bonds. The molecule has 30 heavy (non-hydrogen) atoms. The zero-order valence-electron chi connectivity index (χ0n) is 15.7. The Hall–Kier alpha value is -3.34. The minimum Gasteiger partial charge on any atom is -0.208 e. The second-order valence-electron chi connectivity index (χ2n) is 7.09. The molecule has 0 unspecified atom stereocenters. The van der Waals surface area contributed by atoms with Gasteiger partial charge in [0, 0.05) is 31.3 Å². The molecule has 0 spiro atoms. The molecule has 0 aliphatic rings. The molecule has 3 nitrogen and oxygen atoms in total. The Bertz CT molecular complexity index is 1560. The first-order chi connectivity index (χ1) is 14.8. The van der Waals surface area contributed by atoms with Crippen molar-refractivity contribution in [2.45, 2.75) is 0 Å². The van der Waals surface area contributed by atoms with Crippen LogP contribution in [0.4, 0.5) is 0 Å². The van der Waals surface area contributed by atoms with Crippen LogP contribution in [0.3, 0.4) is 0 Å². The van der Waals surface area contributed by atoms with E-state index in [1.807, 2.05) is 41.7 Å². The molecule has 0 N–H and O–H groups in total. The summed E-state index contributed by atoms with van der Waals surface area (Å²) < 4.78 is 2.55. The summed E-state index contributed by atoms with van der Waals surface area (Å²) >= 11 is 8.07. The van der Waals surface area contributed by atoms with E-state index in [0.717, 1.165) is 11.1 Å². The van der Waals surface area contributed by atoms with Gasteiger partial charge in [-0.3, -0.25) is 0 Å². The highest BCUT2D eigenvalue weighted by atomic mass is 35.5. The zero-order valence-corrected chi connectivity index (χ0v) is 17.3. The van der Waals surface area contributed by atoms with Crippen molar-refractivity contribution in [2.24, 2.45) is 0 Å². The summed E-state index contributed by atoms with van der Waals surface area (Å²) in [4.78, 5) is 13.4. The molecule has 0 bridgehead atoms. The third-order valence-electron chi connectivity index (χ3n) is 5.26. The van der Waals surface area contributed by atoms with Crippen molar-refractivity contribution in [2.75, 3.05) is 0 Å². The molecule has 6 aromatic rings. The number of hydrogen-bond acceptors (Lipinski definition) is 4. The molecular formula is C25H14ClN3S. The molecule has 0 aliphatic heterocycles. The van der Waals surface area contributed by atoms with Gasteiger partial charge in [0.2, 0.25) is 5.28 Å². The lowest BCUT2D eigenvalue weighted by atomic mass is 10.0. The highest BCUT2D eigenvalue weighted by Gasteiger charge is 2.13. The minimum absolute atomic E-state index is 0.195. The van der Waals surface area contributed by atoms with Crippen LogP contribution in [0.1, 0.15) is 0 Å². The molecular weight excluding hydrogens is 410 g/mol. The van der Waals surface area contributed by atoms with Crippen molar-refractivity contribution >= 4 is 53.9 Å². The van der Waals surface area contributed by atoms with Crippen LogP contribution in [-0.4, -0.2) is 15.0 Å². The summed E-state index contributed by atoms with van der Waals surface area (Å²) in [7, 11) is 0. The molecule has 6 rings (SSSR count). The lowest BCUT2D eigenvalue weighted by Gasteiger charge is -2.05. The van der Waals surface area contributed by atoms with E-state index in [0.29, 0.717) is 11.6 Å². The smallest absolute Gasteiger partial charge is 0.208 e. The largest absolute Gasteiger partial charge is 0.226 e.